The van der Waals surface area contributed by atoms with Crippen LogP contribution in [0.4, 0.5) is 0 Å². The van der Waals surface area contributed by atoms with E-state index in [1.54, 1.807) is 11.8 Å². The number of esters is 1. The number of rotatable bonds is 12. The van der Waals surface area contributed by atoms with Crippen molar-refractivity contribution in [2.24, 2.45) is 0 Å². The predicted molar refractivity (Wildman–Crippen MR) is 162 cm³/mol. The van der Waals surface area contributed by atoms with Gasteiger partial charge in [0.2, 0.25) is 5.91 Å². The zero-order valence-corrected chi connectivity index (χ0v) is 24.1. The van der Waals surface area contributed by atoms with Crippen LogP contribution in [0, 0.1) is 0 Å². The molecule has 0 aromatic heterocycles. The van der Waals surface area contributed by atoms with Gasteiger partial charge in [0.05, 0.1) is 24.3 Å². The number of thioether (sulfide) groups is 2. The van der Waals surface area contributed by atoms with E-state index in [1.165, 1.54) is 11.8 Å². The highest BCUT2D eigenvalue weighted by Crippen LogP contribution is 2.41. The van der Waals surface area contributed by atoms with Gasteiger partial charge in [0.25, 0.3) is 0 Å². The fourth-order valence-corrected chi connectivity index (χ4v) is 7.44. The molecule has 0 radical (unpaired) electrons. The molecule has 2 aliphatic heterocycles. The molecule has 2 N–H and O–H groups in total. The van der Waals surface area contributed by atoms with Crippen molar-refractivity contribution in [3.8, 4) is 0 Å². The second kappa shape index (κ2) is 13.8. The second-order valence-corrected chi connectivity index (χ2v) is 12.2. The number of hydrogen-bond donors (Lipinski definition) is 2. The number of aliphatic carboxylic acids is 1. The van der Waals surface area contributed by atoms with E-state index in [-0.39, 0.29) is 23.7 Å². The molecule has 0 aliphatic carbocycles. The van der Waals surface area contributed by atoms with Gasteiger partial charge in [-0.1, -0.05) is 91.0 Å². The van der Waals surface area contributed by atoms with Gasteiger partial charge >= 0.3 is 11.9 Å². The van der Waals surface area contributed by atoms with E-state index in [0.29, 0.717) is 35.9 Å². The van der Waals surface area contributed by atoms with Crippen LogP contribution in [0.3, 0.4) is 0 Å². The van der Waals surface area contributed by atoms with Gasteiger partial charge in [0.1, 0.15) is 5.70 Å². The molecule has 0 bridgehead atoms. The number of carboxylic acid groups (broad SMARTS) is 1. The van der Waals surface area contributed by atoms with Gasteiger partial charge in [0, 0.05) is 23.8 Å². The summed E-state index contributed by atoms with van der Waals surface area (Å²) >= 11 is 3.20. The minimum absolute atomic E-state index is 0.0437. The lowest BCUT2D eigenvalue weighted by Gasteiger charge is -2.52. The minimum atomic E-state index is -0.838. The highest BCUT2D eigenvalue weighted by molar-refractivity contribution is 8.01. The Bertz CT molecular complexity index is 1350. The van der Waals surface area contributed by atoms with E-state index in [4.69, 9.17) is 9.84 Å². The molecular weight excluding hydrogens is 556 g/mol. The Labute approximate surface area is 248 Å². The Morgan fingerprint density at radius 1 is 0.951 bits per heavy atom. The normalized spacial score (nSPS) is 17.9. The van der Waals surface area contributed by atoms with Gasteiger partial charge in [-0.25, -0.2) is 4.79 Å². The predicted octanol–water partition coefficient (Wildman–Crippen LogP) is 4.90. The van der Waals surface area contributed by atoms with Crippen molar-refractivity contribution in [3.05, 3.63) is 119 Å². The number of ether oxygens (including phenoxy) is 1. The summed E-state index contributed by atoms with van der Waals surface area (Å²) in [6.45, 7) is 0.507. The molecule has 0 saturated carbocycles. The Balaban J connectivity index is 1.34. The van der Waals surface area contributed by atoms with Crippen LogP contribution < -0.4 is 5.32 Å². The molecule has 7 nitrogen and oxygen atoms in total. The van der Waals surface area contributed by atoms with E-state index in [9.17, 15) is 14.4 Å². The Kier molecular flexibility index (Phi) is 9.69. The van der Waals surface area contributed by atoms with Gasteiger partial charge in [0.15, 0.2) is 6.10 Å². The third-order valence-electron chi connectivity index (χ3n) is 7.01. The van der Waals surface area contributed by atoms with Crippen LogP contribution in [-0.4, -0.2) is 63.1 Å². The monoisotopic (exact) mass is 588 g/mol. The van der Waals surface area contributed by atoms with E-state index < -0.39 is 18.0 Å². The van der Waals surface area contributed by atoms with Gasteiger partial charge in [-0.05, 0) is 22.3 Å². The number of carbonyl (C=O) groups is 3. The number of carboxylic acids is 1. The van der Waals surface area contributed by atoms with Gasteiger partial charge in [-0.3, -0.25) is 9.59 Å². The van der Waals surface area contributed by atoms with Crippen molar-refractivity contribution in [2.45, 2.75) is 30.4 Å². The molecule has 0 spiro atoms. The van der Waals surface area contributed by atoms with Crippen LogP contribution in [0.5, 0.6) is 0 Å². The van der Waals surface area contributed by atoms with Crippen molar-refractivity contribution in [2.75, 3.05) is 23.8 Å². The Morgan fingerprint density at radius 2 is 1.56 bits per heavy atom. The number of benzene rings is 3. The molecule has 9 heteroatoms. The summed E-state index contributed by atoms with van der Waals surface area (Å²) in [7, 11) is 0. The molecule has 1 fully saturated rings. The molecule has 2 aliphatic rings. The Morgan fingerprint density at radius 3 is 2.17 bits per heavy atom. The van der Waals surface area contributed by atoms with E-state index >= 15 is 0 Å². The zero-order valence-electron chi connectivity index (χ0n) is 22.5. The second-order valence-electron chi connectivity index (χ2n) is 9.95. The fourth-order valence-electron chi connectivity index (χ4n) is 5.00. The van der Waals surface area contributed by atoms with Gasteiger partial charge < -0.3 is 20.1 Å². The standard InChI is InChI=1S/C32H32N2O5S2/c35-27(18-22-10-4-1-5-11-22)33-26-19-34-29(25(21-41-31(26)34)20-40-17-16-28(36)37)32(38)39-30(23-12-6-2-7-13-23)24-14-8-3-9-15-24/h1-15,26,30-31H,16-21H2,(H,33,35)(H,36,37). The SMILES string of the molecule is O=C(O)CCSCC1=C(C(=O)OC(c2ccccc2)c2ccccc2)N2CC(NC(=O)Cc3ccccc3)C2SC1. The van der Waals surface area contributed by atoms with Crippen molar-refractivity contribution in [3.63, 3.8) is 0 Å². The first-order valence-electron chi connectivity index (χ1n) is 13.5. The van der Waals surface area contributed by atoms with Crippen LogP contribution in [0.2, 0.25) is 0 Å². The minimum Gasteiger partial charge on any atom is -0.481 e. The molecule has 3 aromatic carbocycles. The van der Waals surface area contributed by atoms with E-state index in [2.05, 4.69) is 5.32 Å². The van der Waals surface area contributed by atoms with Crippen LogP contribution in [0.15, 0.2) is 102 Å². The molecule has 212 valence electrons. The molecule has 41 heavy (non-hydrogen) atoms. The first-order valence-corrected chi connectivity index (χ1v) is 15.7. The summed E-state index contributed by atoms with van der Waals surface area (Å²) < 4.78 is 6.25. The number of fused-ring (bicyclic) bond motifs is 1. The molecule has 1 saturated heterocycles. The number of nitrogens with one attached hydrogen (secondary N) is 1. The number of hydrogen-bond acceptors (Lipinski definition) is 7. The average Bonchev–Trinajstić information content (AvgIpc) is 2.98. The molecule has 2 heterocycles. The molecule has 3 aromatic rings. The summed E-state index contributed by atoms with van der Waals surface area (Å²) in [5, 5.41) is 12.1. The number of carbonyl (C=O) groups excluding carboxylic acids is 2. The van der Waals surface area contributed by atoms with Crippen LogP contribution >= 0.6 is 23.5 Å². The third kappa shape index (κ3) is 7.34. The third-order valence-corrected chi connectivity index (χ3v) is 9.49. The van der Waals surface area contributed by atoms with E-state index in [1.807, 2.05) is 95.9 Å². The van der Waals surface area contributed by atoms with Crippen molar-refractivity contribution < 1.29 is 24.2 Å². The lowest BCUT2D eigenvalue weighted by atomic mass is 10.0. The number of amides is 1. The number of nitrogens with zero attached hydrogens (tertiary/aromatic N) is 1. The zero-order chi connectivity index (χ0) is 28.6. The summed E-state index contributed by atoms with van der Waals surface area (Å²) in [5.41, 5.74) is 4.17. The highest BCUT2D eigenvalue weighted by atomic mass is 32.2. The first kappa shape index (κ1) is 28.8. The van der Waals surface area contributed by atoms with Crippen LogP contribution in [0.1, 0.15) is 29.2 Å². The largest absolute Gasteiger partial charge is 0.481 e. The molecule has 1 amide bonds. The maximum atomic E-state index is 13.9. The summed E-state index contributed by atoms with van der Waals surface area (Å²) in [4.78, 5) is 39.8. The topological polar surface area (TPSA) is 95.9 Å². The Hall–Kier alpha value is -3.69. The summed E-state index contributed by atoms with van der Waals surface area (Å²) in [5.74, 6) is 0.325. The smallest absolute Gasteiger partial charge is 0.355 e. The van der Waals surface area contributed by atoms with Crippen LogP contribution in [-0.2, 0) is 25.5 Å². The summed E-state index contributed by atoms with van der Waals surface area (Å²) in [6.07, 6.45) is -0.202. The highest BCUT2D eigenvalue weighted by Gasteiger charge is 2.47. The quantitative estimate of drug-likeness (QED) is 0.228. The lowest BCUT2D eigenvalue weighted by Crippen LogP contribution is -2.66. The molecule has 2 unspecified atom stereocenters. The van der Waals surface area contributed by atoms with E-state index in [0.717, 1.165) is 22.3 Å². The van der Waals surface area contributed by atoms with Gasteiger partial charge in [-0.15, -0.1) is 11.8 Å². The lowest BCUT2D eigenvalue weighted by molar-refractivity contribution is -0.146. The summed E-state index contributed by atoms with van der Waals surface area (Å²) in [6, 6.07) is 28.9. The average molecular weight is 589 g/mol. The van der Waals surface area contributed by atoms with Gasteiger partial charge in [-0.2, -0.15) is 11.8 Å². The molecule has 5 rings (SSSR count). The molecular formula is C32H32N2O5S2. The maximum Gasteiger partial charge on any atom is 0.355 e. The molecule has 2 atom stereocenters. The van der Waals surface area contributed by atoms with Crippen molar-refractivity contribution in [1.29, 1.82) is 0 Å². The van der Waals surface area contributed by atoms with Crippen LogP contribution in [0.25, 0.3) is 0 Å². The van der Waals surface area contributed by atoms with Crippen molar-refractivity contribution in [1.82, 2.24) is 10.2 Å². The van der Waals surface area contributed by atoms with Crippen molar-refractivity contribution >= 4 is 41.4 Å². The fraction of sp³-hybridized carbons (Fsp3) is 0.281. The first-order chi connectivity index (χ1) is 20.0. The maximum absolute atomic E-state index is 13.9.